The Balaban J connectivity index is 2.00. The molecule has 9 heteroatoms. The summed E-state index contributed by atoms with van der Waals surface area (Å²) < 4.78 is 37.8. The molecule has 0 saturated heterocycles. The summed E-state index contributed by atoms with van der Waals surface area (Å²) in [6, 6.07) is 1.92. The van der Waals surface area contributed by atoms with Crippen molar-refractivity contribution in [2.24, 2.45) is 0 Å². The third-order valence-corrected chi connectivity index (χ3v) is 3.46. The van der Waals surface area contributed by atoms with Crippen LogP contribution in [0.3, 0.4) is 0 Å². The van der Waals surface area contributed by atoms with E-state index in [1.807, 2.05) is 23.8 Å². The van der Waals surface area contributed by atoms with E-state index in [1.165, 1.54) is 5.56 Å². The smallest absolute Gasteiger partial charge is 0.368 e. The van der Waals surface area contributed by atoms with E-state index in [4.69, 9.17) is 5.73 Å². The van der Waals surface area contributed by atoms with Crippen LogP contribution in [0.5, 0.6) is 0 Å². The standard InChI is InChI=1S/C12H14F3N5S/c1-7(2-3-8-4-5-21-6-8)17-11-19-9(12(13,14)15)18-10(16)20-11/h4-7H,2-3H2,1H3,(H3,16,17,18,19,20). The molecule has 2 rings (SSSR count). The number of aryl methyl sites for hydroxylation is 1. The number of nitrogens with one attached hydrogen (secondary N) is 1. The Kier molecular flexibility index (Phi) is 4.61. The van der Waals surface area contributed by atoms with Crippen LogP contribution in [-0.4, -0.2) is 21.0 Å². The number of nitrogens with two attached hydrogens (primary N) is 1. The number of alkyl halides is 3. The number of halogens is 3. The van der Waals surface area contributed by atoms with Crippen molar-refractivity contribution in [2.75, 3.05) is 11.1 Å². The maximum Gasteiger partial charge on any atom is 0.451 e. The summed E-state index contributed by atoms with van der Waals surface area (Å²) in [6.07, 6.45) is -3.08. The first kappa shape index (κ1) is 15.5. The molecule has 0 saturated carbocycles. The Hall–Kier alpha value is -1.90. The van der Waals surface area contributed by atoms with Crippen LogP contribution in [0.15, 0.2) is 16.8 Å². The predicted octanol–water partition coefficient (Wildman–Crippen LogP) is 2.97. The van der Waals surface area contributed by atoms with E-state index < -0.39 is 17.9 Å². The van der Waals surface area contributed by atoms with Gasteiger partial charge in [0.2, 0.25) is 17.7 Å². The lowest BCUT2D eigenvalue weighted by Crippen LogP contribution is -2.21. The minimum atomic E-state index is -4.65. The van der Waals surface area contributed by atoms with Crippen molar-refractivity contribution < 1.29 is 13.2 Å². The normalized spacial score (nSPS) is 13.1. The minimum absolute atomic E-state index is 0.0900. The number of hydrogen-bond acceptors (Lipinski definition) is 6. The van der Waals surface area contributed by atoms with Gasteiger partial charge in [-0.3, -0.25) is 0 Å². The van der Waals surface area contributed by atoms with Gasteiger partial charge in [0.1, 0.15) is 0 Å². The molecule has 0 aliphatic heterocycles. The average molecular weight is 317 g/mol. The van der Waals surface area contributed by atoms with Crippen molar-refractivity contribution in [2.45, 2.75) is 32.0 Å². The third-order valence-electron chi connectivity index (χ3n) is 2.73. The Labute approximate surface area is 123 Å². The van der Waals surface area contributed by atoms with Crippen LogP contribution in [0, 0.1) is 0 Å². The highest BCUT2D eigenvalue weighted by Crippen LogP contribution is 2.27. The molecule has 21 heavy (non-hydrogen) atoms. The van der Waals surface area contributed by atoms with Crippen molar-refractivity contribution in [1.82, 2.24) is 15.0 Å². The van der Waals surface area contributed by atoms with Gasteiger partial charge in [0, 0.05) is 6.04 Å². The van der Waals surface area contributed by atoms with Gasteiger partial charge < -0.3 is 11.1 Å². The van der Waals surface area contributed by atoms with Crippen LogP contribution < -0.4 is 11.1 Å². The van der Waals surface area contributed by atoms with Gasteiger partial charge >= 0.3 is 6.18 Å². The highest BCUT2D eigenvalue weighted by atomic mass is 32.1. The second-order valence-corrected chi connectivity index (χ2v) is 5.33. The van der Waals surface area contributed by atoms with Gasteiger partial charge in [-0.2, -0.15) is 39.5 Å². The van der Waals surface area contributed by atoms with Crippen molar-refractivity contribution in [1.29, 1.82) is 0 Å². The Bertz CT molecular complexity index is 585. The molecule has 0 radical (unpaired) electrons. The van der Waals surface area contributed by atoms with Crippen LogP contribution in [0.2, 0.25) is 0 Å². The van der Waals surface area contributed by atoms with Crippen LogP contribution in [0.25, 0.3) is 0 Å². The Morgan fingerprint density at radius 2 is 2.10 bits per heavy atom. The zero-order chi connectivity index (χ0) is 15.5. The van der Waals surface area contributed by atoms with Gasteiger partial charge in [-0.15, -0.1) is 0 Å². The zero-order valence-electron chi connectivity index (χ0n) is 11.2. The second-order valence-electron chi connectivity index (χ2n) is 4.55. The molecule has 0 aliphatic rings. The molecule has 0 bridgehead atoms. The van der Waals surface area contributed by atoms with Crippen LogP contribution in [-0.2, 0) is 12.6 Å². The van der Waals surface area contributed by atoms with E-state index in [0.29, 0.717) is 0 Å². The number of nitrogen functional groups attached to an aromatic ring is 1. The molecule has 1 unspecified atom stereocenters. The molecule has 2 aromatic rings. The second kappa shape index (κ2) is 6.25. The third kappa shape index (κ3) is 4.55. The summed E-state index contributed by atoms with van der Waals surface area (Å²) in [4.78, 5) is 10.1. The highest BCUT2D eigenvalue weighted by Gasteiger charge is 2.35. The van der Waals surface area contributed by atoms with E-state index >= 15 is 0 Å². The van der Waals surface area contributed by atoms with Crippen LogP contribution in [0.1, 0.15) is 24.7 Å². The molecule has 0 amide bonds. The number of anilines is 2. The molecule has 5 nitrogen and oxygen atoms in total. The molecule has 0 aromatic carbocycles. The maximum absolute atomic E-state index is 12.6. The van der Waals surface area contributed by atoms with E-state index in [9.17, 15) is 13.2 Å². The summed E-state index contributed by atoms with van der Waals surface area (Å²) in [7, 11) is 0. The lowest BCUT2D eigenvalue weighted by Gasteiger charge is -2.14. The summed E-state index contributed by atoms with van der Waals surface area (Å²) in [5.41, 5.74) is 6.48. The van der Waals surface area contributed by atoms with Crippen LogP contribution in [0.4, 0.5) is 25.1 Å². The SMILES string of the molecule is CC(CCc1ccsc1)Nc1nc(N)nc(C(F)(F)F)n1. The molecule has 0 spiro atoms. The topological polar surface area (TPSA) is 76.7 Å². The Morgan fingerprint density at radius 3 is 2.71 bits per heavy atom. The number of nitrogens with zero attached hydrogens (tertiary/aromatic N) is 3. The lowest BCUT2D eigenvalue weighted by atomic mass is 10.1. The summed E-state index contributed by atoms with van der Waals surface area (Å²) in [5, 5.41) is 6.84. The van der Waals surface area contributed by atoms with Crippen LogP contribution >= 0.6 is 11.3 Å². The fourth-order valence-corrected chi connectivity index (χ4v) is 2.40. The largest absolute Gasteiger partial charge is 0.451 e. The molecule has 114 valence electrons. The molecule has 1 atom stereocenters. The first-order valence-corrected chi connectivity index (χ1v) is 7.15. The quantitative estimate of drug-likeness (QED) is 0.886. The number of rotatable bonds is 5. The molecular formula is C12H14F3N5S. The molecule has 2 heterocycles. The zero-order valence-corrected chi connectivity index (χ0v) is 12.0. The van der Waals surface area contributed by atoms with Gasteiger partial charge in [0.15, 0.2) is 0 Å². The number of hydrogen-bond donors (Lipinski definition) is 2. The number of aromatic nitrogens is 3. The fraction of sp³-hybridized carbons (Fsp3) is 0.417. The van der Waals surface area contributed by atoms with E-state index in [1.54, 1.807) is 11.3 Å². The van der Waals surface area contributed by atoms with Gasteiger partial charge in [-0.05, 0) is 42.2 Å². The maximum atomic E-state index is 12.6. The van der Waals surface area contributed by atoms with Gasteiger partial charge in [0.05, 0.1) is 0 Å². The first-order chi connectivity index (χ1) is 9.84. The van der Waals surface area contributed by atoms with Crippen molar-refractivity contribution in [3.63, 3.8) is 0 Å². The molecule has 0 fully saturated rings. The summed E-state index contributed by atoms with van der Waals surface area (Å²) >= 11 is 1.61. The van der Waals surface area contributed by atoms with E-state index in [-0.39, 0.29) is 12.0 Å². The van der Waals surface area contributed by atoms with Gasteiger partial charge in [0.25, 0.3) is 0 Å². The Morgan fingerprint density at radius 1 is 1.33 bits per heavy atom. The van der Waals surface area contributed by atoms with Crippen molar-refractivity contribution in [3.05, 3.63) is 28.2 Å². The number of thiophene rings is 1. The van der Waals surface area contributed by atoms with E-state index in [2.05, 4.69) is 20.3 Å². The van der Waals surface area contributed by atoms with Crippen molar-refractivity contribution >= 4 is 23.2 Å². The lowest BCUT2D eigenvalue weighted by molar-refractivity contribution is -0.144. The molecular weight excluding hydrogens is 303 g/mol. The summed E-state index contributed by atoms with van der Waals surface area (Å²) in [5.74, 6) is -1.90. The predicted molar refractivity (Wildman–Crippen MR) is 75.0 cm³/mol. The average Bonchev–Trinajstić information content (AvgIpc) is 2.87. The fourth-order valence-electron chi connectivity index (χ4n) is 1.69. The van der Waals surface area contributed by atoms with Crippen molar-refractivity contribution in [3.8, 4) is 0 Å². The molecule has 3 N–H and O–H groups in total. The highest BCUT2D eigenvalue weighted by molar-refractivity contribution is 7.07. The first-order valence-electron chi connectivity index (χ1n) is 6.21. The summed E-state index contributed by atoms with van der Waals surface area (Å²) in [6.45, 7) is 1.85. The minimum Gasteiger partial charge on any atom is -0.368 e. The molecule has 0 aliphatic carbocycles. The van der Waals surface area contributed by atoms with E-state index in [0.717, 1.165) is 12.8 Å². The van der Waals surface area contributed by atoms with Gasteiger partial charge in [-0.25, -0.2) is 0 Å². The molecule has 2 aromatic heterocycles. The monoisotopic (exact) mass is 317 g/mol. The van der Waals surface area contributed by atoms with Gasteiger partial charge in [-0.1, -0.05) is 0 Å².